The summed E-state index contributed by atoms with van der Waals surface area (Å²) >= 11 is 0. The van der Waals surface area contributed by atoms with E-state index in [1.807, 2.05) is 30.3 Å². The first kappa shape index (κ1) is 4.60. The highest BCUT2D eigenvalue weighted by Gasteiger charge is 2.12. The maximum Gasteiger partial charge on any atom is 0.126 e. The summed E-state index contributed by atoms with van der Waals surface area (Å²) < 4.78 is 20.2. The van der Waals surface area contributed by atoms with Gasteiger partial charge in [0.25, 0.3) is 0 Å². The molecule has 0 unspecified atom stereocenters. The van der Waals surface area contributed by atoms with E-state index in [0.29, 0.717) is 0 Å². The predicted octanol–water partition coefficient (Wildman–Crippen LogP) is 2.66. The van der Waals surface area contributed by atoms with Gasteiger partial charge in [0.05, 0.1) is 7.63 Å². The molecule has 11 heavy (non-hydrogen) atoms. The molecule has 0 radical (unpaired) electrons. The summed E-state index contributed by atoms with van der Waals surface area (Å²) in [5.74, 6) is 0. The van der Waals surface area contributed by atoms with Gasteiger partial charge in [-0.1, -0.05) is 30.3 Å². The van der Waals surface area contributed by atoms with Crippen LogP contribution < -0.4 is 0 Å². The van der Waals surface area contributed by atoms with Crippen molar-refractivity contribution in [3.63, 3.8) is 0 Å². The lowest BCUT2D eigenvalue weighted by atomic mass is 10.1. The summed E-state index contributed by atoms with van der Waals surface area (Å²) in [6, 6.07) is 9.82. The van der Waals surface area contributed by atoms with Crippen LogP contribution >= 0.6 is 0 Å². The molecule has 0 fully saturated rings. The van der Waals surface area contributed by atoms with E-state index in [2.05, 4.69) is 0 Å². The number of rotatable bonds is 1. The van der Waals surface area contributed by atoms with Crippen LogP contribution in [0.5, 0.6) is 0 Å². The van der Waals surface area contributed by atoms with Crippen LogP contribution in [0.15, 0.2) is 42.6 Å². The van der Waals surface area contributed by atoms with Crippen molar-refractivity contribution in [2.75, 3.05) is 0 Å². The van der Waals surface area contributed by atoms with Crippen LogP contribution in [0.25, 0.3) is 0 Å². The lowest BCUT2D eigenvalue weighted by Gasteiger charge is -2.09. The lowest BCUT2D eigenvalue weighted by Crippen LogP contribution is -1.93. The molecule has 0 aromatic heterocycles. The van der Waals surface area contributed by atoms with Gasteiger partial charge in [0.1, 0.15) is 6.10 Å². The fourth-order valence-corrected chi connectivity index (χ4v) is 1.10. The Balaban J connectivity index is 2.22. The summed E-state index contributed by atoms with van der Waals surface area (Å²) in [5, 5.41) is 0. The van der Waals surface area contributed by atoms with Gasteiger partial charge in [-0.3, -0.25) is 0 Å². The second-order valence-electron chi connectivity index (χ2n) is 2.42. The second-order valence-corrected chi connectivity index (χ2v) is 2.42. The van der Waals surface area contributed by atoms with Crippen LogP contribution in [0.1, 0.15) is 20.8 Å². The summed E-state index contributed by atoms with van der Waals surface area (Å²) in [4.78, 5) is 0. The molecule has 0 saturated carbocycles. The van der Waals surface area contributed by atoms with Gasteiger partial charge in [-0.15, -0.1) is 0 Å². The van der Waals surface area contributed by atoms with Gasteiger partial charge >= 0.3 is 0 Å². The van der Waals surface area contributed by atoms with Gasteiger partial charge in [-0.05, 0) is 11.6 Å². The van der Waals surface area contributed by atoms with Crippen LogP contribution in [-0.4, -0.2) is 0 Å². The van der Waals surface area contributed by atoms with Crippen LogP contribution in [0, 0.1) is 0 Å². The van der Waals surface area contributed by atoms with E-state index in [4.69, 9.17) is 7.48 Å². The average molecular weight is 148 g/mol. The van der Waals surface area contributed by atoms with E-state index in [0.717, 1.165) is 5.56 Å². The van der Waals surface area contributed by atoms with E-state index in [1.165, 1.54) is 6.26 Å². The third-order valence-electron chi connectivity index (χ3n) is 1.66. The first-order valence-electron chi connectivity index (χ1n) is 4.66. The highest BCUT2D eigenvalue weighted by atomic mass is 16.5. The van der Waals surface area contributed by atoms with Gasteiger partial charge in [0.2, 0.25) is 0 Å². The molecule has 56 valence electrons. The van der Waals surface area contributed by atoms with Crippen LogP contribution in [-0.2, 0) is 4.74 Å². The Labute approximate surface area is 69.1 Å². The Morgan fingerprint density at radius 2 is 2.27 bits per heavy atom. The molecule has 1 heterocycles. The SMILES string of the molecule is [2H]C1=CO[C@@H](c2ccccc2)[C@H]1[2H]. The summed E-state index contributed by atoms with van der Waals surface area (Å²) in [7, 11) is 0. The molecular formula is C10H10O. The molecule has 1 nitrogen and oxygen atoms in total. The maximum atomic E-state index is 7.65. The molecular weight excluding hydrogens is 136 g/mol. The quantitative estimate of drug-likeness (QED) is 0.595. The number of hydrogen-bond donors (Lipinski definition) is 0. The molecule has 1 aliphatic rings. The molecule has 0 spiro atoms. The van der Waals surface area contributed by atoms with Crippen molar-refractivity contribution in [2.45, 2.75) is 12.5 Å². The van der Waals surface area contributed by atoms with E-state index in [1.54, 1.807) is 0 Å². The molecule has 0 saturated heterocycles. The third-order valence-corrected chi connectivity index (χ3v) is 1.66. The van der Waals surface area contributed by atoms with Crippen molar-refractivity contribution in [1.82, 2.24) is 0 Å². The molecule has 0 bridgehead atoms. The van der Waals surface area contributed by atoms with E-state index in [9.17, 15) is 0 Å². The molecule has 0 amide bonds. The van der Waals surface area contributed by atoms with Gasteiger partial charge in [-0.2, -0.15) is 0 Å². The van der Waals surface area contributed by atoms with Gasteiger partial charge in [-0.25, -0.2) is 0 Å². The van der Waals surface area contributed by atoms with Crippen LogP contribution in [0.4, 0.5) is 0 Å². The molecule has 1 aromatic rings. The number of benzene rings is 1. The van der Waals surface area contributed by atoms with E-state index >= 15 is 0 Å². The standard InChI is InChI=1S/C10H10O/c1-2-5-9(6-3-1)10-7-4-8-11-10/h1-6,8,10H,7H2/t10-/m1/s1/i4D,7D/t7-,10+/m0. The lowest BCUT2D eigenvalue weighted by molar-refractivity contribution is 0.173. The van der Waals surface area contributed by atoms with Gasteiger partial charge in [0, 0.05) is 7.77 Å². The minimum Gasteiger partial charge on any atom is -0.493 e. The molecule has 1 heteroatoms. The monoisotopic (exact) mass is 148 g/mol. The van der Waals surface area contributed by atoms with Gasteiger partial charge in [0.15, 0.2) is 0 Å². The average Bonchev–Trinajstić information content (AvgIpc) is 2.49. The fourth-order valence-electron chi connectivity index (χ4n) is 1.10. The molecule has 1 aliphatic heterocycles. The zero-order valence-corrected chi connectivity index (χ0v) is 6.03. The smallest absolute Gasteiger partial charge is 0.126 e. The van der Waals surface area contributed by atoms with Crippen molar-refractivity contribution < 1.29 is 7.48 Å². The Morgan fingerprint density at radius 1 is 1.45 bits per heavy atom. The van der Waals surface area contributed by atoms with Gasteiger partial charge < -0.3 is 4.74 Å². The Kier molecular flexibility index (Phi) is 1.17. The predicted molar refractivity (Wildman–Crippen MR) is 44.0 cm³/mol. The first-order valence-corrected chi connectivity index (χ1v) is 3.58. The van der Waals surface area contributed by atoms with E-state index < -0.39 is 6.40 Å². The number of ether oxygens (including phenoxy) is 1. The van der Waals surface area contributed by atoms with Crippen molar-refractivity contribution >= 4 is 0 Å². The minimum absolute atomic E-state index is 0.244. The zero-order valence-electron chi connectivity index (χ0n) is 8.03. The molecule has 1 aromatic carbocycles. The highest BCUT2D eigenvalue weighted by molar-refractivity contribution is 5.19. The minimum atomic E-state index is -0.581. The highest BCUT2D eigenvalue weighted by Crippen LogP contribution is 2.25. The molecule has 2 rings (SSSR count). The largest absolute Gasteiger partial charge is 0.493 e. The molecule has 0 aliphatic carbocycles. The second kappa shape index (κ2) is 2.79. The Morgan fingerprint density at radius 3 is 2.91 bits per heavy atom. The first-order chi connectivity index (χ1) is 6.29. The van der Waals surface area contributed by atoms with Crippen molar-refractivity contribution in [2.24, 2.45) is 0 Å². The molecule has 2 atom stereocenters. The fraction of sp³-hybridized carbons (Fsp3) is 0.200. The number of hydrogen-bond acceptors (Lipinski definition) is 1. The normalized spacial score (nSPS) is 31.8. The molecule has 0 N–H and O–H groups in total. The van der Waals surface area contributed by atoms with Crippen molar-refractivity contribution in [3.05, 3.63) is 48.2 Å². The Hall–Kier alpha value is -1.24. The zero-order chi connectivity index (χ0) is 9.26. The van der Waals surface area contributed by atoms with E-state index in [-0.39, 0.29) is 12.2 Å². The summed E-state index contributed by atoms with van der Waals surface area (Å²) in [6.45, 7) is 0. The van der Waals surface area contributed by atoms with Crippen molar-refractivity contribution in [3.8, 4) is 0 Å². The Bertz CT molecular complexity index is 321. The summed E-state index contributed by atoms with van der Waals surface area (Å²) in [6.07, 6.45) is 0.478. The summed E-state index contributed by atoms with van der Waals surface area (Å²) in [5.41, 5.74) is 0.959. The maximum absolute atomic E-state index is 7.65. The van der Waals surface area contributed by atoms with Crippen LogP contribution in [0.3, 0.4) is 0 Å². The van der Waals surface area contributed by atoms with Crippen molar-refractivity contribution in [1.29, 1.82) is 0 Å². The third kappa shape index (κ3) is 1.27. The topological polar surface area (TPSA) is 9.23 Å². The van der Waals surface area contributed by atoms with Crippen LogP contribution in [0.2, 0.25) is 0 Å².